The molecule has 8 nitrogen and oxygen atoms in total. The molecule has 0 aliphatic rings. The van der Waals surface area contributed by atoms with Gasteiger partial charge in [0.15, 0.2) is 0 Å². The van der Waals surface area contributed by atoms with Crippen LogP contribution in [0.25, 0.3) is 0 Å². The summed E-state index contributed by atoms with van der Waals surface area (Å²) < 4.78 is 0. The van der Waals surface area contributed by atoms with Gasteiger partial charge in [-0.1, -0.05) is 60.7 Å². The fourth-order valence-electron chi connectivity index (χ4n) is 3.20. The summed E-state index contributed by atoms with van der Waals surface area (Å²) in [6.45, 7) is -2.43. The maximum absolute atomic E-state index is 11.1. The van der Waals surface area contributed by atoms with Gasteiger partial charge in [-0.25, -0.2) is 0 Å². The summed E-state index contributed by atoms with van der Waals surface area (Å²) in [6.07, 6.45) is -1.20. The molecule has 0 aliphatic heterocycles. The van der Waals surface area contributed by atoms with Crippen LogP contribution in [0.4, 0.5) is 0 Å². The van der Waals surface area contributed by atoms with E-state index in [1.807, 2.05) is 0 Å². The maximum atomic E-state index is 11.1. The lowest BCUT2D eigenvalue weighted by molar-refractivity contribution is -0.318. The van der Waals surface area contributed by atoms with Crippen LogP contribution in [0.15, 0.2) is 60.7 Å². The molecule has 2 unspecified atom stereocenters. The third-order valence-corrected chi connectivity index (χ3v) is 5.12. The highest BCUT2D eigenvalue weighted by Crippen LogP contribution is 2.42. The molecule has 0 saturated carbocycles. The minimum Gasteiger partial charge on any atom is -0.391 e. The predicted molar refractivity (Wildman–Crippen MR) is 98.4 cm³/mol. The van der Waals surface area contributed by atoms with Crippen LogP contribution in [0, 0.1) is 0 Å². The molecule has 8 heteroatoms. The summed E-state index contributed by atoms with van der Waals surface area (Å²) in [7, 11) is 0. The molecule has 2 atom stereocenters. The Hall–Kier alpha value is -1.88. The van der Waals surface area contributed by atoms with Gasteiger partial charge < -0.3 is 40.9 Å². The van der Waals surface area contributed by atoms with Gasteiger partial charge in [-0.2, -0.15) is 0 Å². The molecule has 2 aromatic rings. The maximum Gasteiger partial charge on any atom is 0.220 e. The Labute approximate surface area is 162 Å². The number of aliphatic hydroxyl groups is 8. The summed E-state index contributed by atoms with van der Waals surface area (Å²) >= 11 is 0. The molecule has 0 fully saturated rings. The molecule has 0 saturated heterocycles. The minimum absolute atomic E-state index is 0.0370. The Morgan fingerprint density at radius 3 is 1.04 bits per heavy atom. The summed E-state index contributed by atoms with van der Waals surface area (Å²) in [5.41, 5.74) is -4.85. The molecule has 0 aromatic heterocycles. The largest absolute Gasteiger partial charge is 0.391 e. The van der Waals surface area contributed by atoms with Crippen molar-refractivity contribution in [1.29, 1.82) is 0 Å². The van der Waals surface area contributed by atoms with E-state index in [9.17, 15) is 40.9 Å². The van der Waals surface area contributed by atoms with Gasteiger partial charge in [0.25, 0.3) is 0 Å². The SMILES string of the molecule is OCC(O)(O)C(O)(CCC(O)(c1ccccc1)C(O)(O)CO)c1ccccc1. The highest BCUT2D eigenvalue weighted by Gasteiger charge is 2.54. The van der Waals surface area contributed by atoms with Crippen molar-refractivity contribution in [3.8, 4) is 0 Å². The first kappa shape index (κ1) is 22.4. The highest BCUT2D eigenvalue weighted by molar-refractivity contribution is 5.28. The molecule has 154 valence electrons. The van der Waals surface area contributed by atoms with Crippen LogP contribution in [0.5, 0.6) is 0 Å². The number of rotatable bonds is 9. The standard InChI is InChI=1S/C20H26O8/c21-13-19(25,26)17(23,15-7-3-1-4-8-15)11-12-18(24,20(27,28)14-22)16-9-5-2-6-10-16/h1-10,21-28H,11-14H2. The van der Waals surface area contributed by atoms with Gasteiger partial charge in [0.05, 0.1) is 0 Å². The molecule has 0 radical (unpaired) electrons. The van der Waals surface area contributed by atoms with Crippen molar-refractivity contribution in [3.05, 3.63) is 71.8 Å². The average molecular weight is 394 g/mol. The molecular formula is C20H26O8. The second-order valence-corrected chi connectivity index (χ2v) is 6.90. The van der Waals surface area contributed by atoms with E-state index >= 15 is 0 Å². The van der Waals surface area contributed by atoms with Crippen molar-refractivity contribution >= 4 is 0 Å². The average Bonchev–Trinajstić information content (AvgIpc) is 2.72. The Morgan fingerprint density at radius 1 is 0.500 bits per heavy atom. The molecule has 8 N–H and O–H groups in total. The van der Waals surface area contributed by atoms with Gasteiger partial charge in [0, 0.05) is 0 Å². The number of hydrogen-bond donors (Lipinski definition) is 8. The van der Waals surface area contributed by atoms with Crippen molar-refractivity contribution in [2.24, 2.45) is 0 Å². The van der Waals surface area contributed by atoms with Crippen LogP contribution in [0.2, 0.25) is 0 Å². The van der Waals surface area contributed by atoms with Crippen molar-refractivity contribution < 1.29 is 40.9 Å². The van der Waals surface area contributed by atoms with E-state index in [0.717, 1.165) is 0 Å². The molecule has 0 bridgehead atoms. The molecule has 0 aliphatic carbocycles. The molecule has 2 rings (SSSR count). The van der Waals surface area contributed by atoms with Crippen LogP contribution in [0.3, 0.4) is 0 Å². The van der Waals surface area contributed by atoms with Crippen LogP contribution in [-0.4, -0.2) is 65.6 Å². The van der Waals surface area contributed by atoms with Gasteiger partial charge in [0.2, 0.25) is 11.6 Å². The second-order valence-electron chi connectivity index (χ2n) is 6.90. The first-order chi connectivity index (χ1) is 13.0. The smallest absolute Gasteiger partial charge is 0.220 e. The molecular weight excluding hydrogens is 368 g/mol. The monoisotopic (exact) mass is 394 g/mol. The van der Waals surface area contributed by atoms with Crippen LogP contribution < -0.4 is 0 Å². The lowest BCUT2D eigenvalue weighted by Crippen LogP contribution is -2.58. The van der Waals surface area contributed by atoms with Gasteiger partial charge in [-0.05, 0) is 24.0 Å². The Balaban J connectivity index is 2.49. The first-order valence-electron chi connectivity index (χ1n) is 8.71. The lowest BCUT2D eigenvalue weighted by atomic mass is 9.74. The second kappa shape index (κ2) is 8.24. The zero-order valence-corrected chi connectivity index (χ0v) is 15.2. The lowest BCUT2D eigenvalue weighted by Gasteiger charge is -2.44. The van der Waals surface area contributed by atoms with Crippen LogP contribution in [0.1, 0.15) is 24.0 Å². The van der Waals surface area contributed by atoms with E-state index in [-0.39, 0.29) is 11.1 Å². The zero-order valence-electron chi connectivity index (χ0n) is 15.2. The zero-order chi connectivity index (χ0) is 21.1. The Morgan fingerprint density at radius 2 is 0.786 bits per heavy atom. The molecule has 0 amide bonds. The van der Waals surface area contributed by atoms with Crippen molar-refractivity contribution in [2.45, 2.75) is 35.6 Å². The summed E-state index contributed by atoms with van der Waals surface area (Å²) in [5.74, 6) is -5.97. The number of aliphatic hydroxyl groups excluding tert-OH is 2. The van der Waals surface area contributed by atoms with Gasteiger partial charge in [0.1, 0.15) is 24.4 Å². The van der Waals surface area contributed by atoms with Crippen LogP contribution in [-0.2, 0) is 11.2 Å². The van der Waals surface area contributed by atoms with Crippen LogP contribution >= 0.6 is 0 Å². The topological polar surface area (TPSA) is 162 Å². The summed E-state index contributed by atoms with van der Waals surface area (Å²) in [6, 6.07) is 15.0. The third kappa shape index (κ3) is 3.95. The predicted octanol–water partition coefficient (Wildman–Crippen LogP) is -1.11. The van der Waals surface area contributed by atoms with Crippen molar-refractivity contribution in [2.75, 3.05) is 13.2 Å². The minimum atomic E-state index is -2.99. The number of benzene rings is 2. The highest BCUT2D eigenvalue weighted by atomic mass is 16.5. The van der Waals surface area contributed by atoms with Crippen molar-refractivity contribution in [1.82, 2.24) is 0 Å². The summed E-state index contributed by atoms with van der Waals surface area (Å²) in [5, 5.41) is 81.8. The fourth-order valence-corrected chi connectivity index (χ4v) is 3.20. The number of hydrogen-bond acceptors (Lipinski definition) is 8. The van der Waals surface area contributed by atoms with E-state index in [1.165, 1.54) is 48.5 Å². The quantitative estimate of drug-likeness (QED) is 0.248. The van der Waals surface area contributed by atoms with Gasteiger partial charge in [-0.3, -0.25) is 0 Å². The molecule has 2 aromatic carbocycles. The first-order valence-corrected chi connectivity index (χ1v) is 8.71. The molecule has 0 heterocycles. The van der Waals surface area contributed by atoms with E-state index in [0.29, 0.717) is 0 Å². The Bertz CT molecular complexity index is 684. The van der Waals surface area contributed by atoms with Crippen molar-refractivity contribution in [3.63, 3.8) is 0 Å². The van der Waals surface area contributed by atoms with E-state index < -0.39 is 48.8 Å². The fraction of sp³-hybridized carbons (Fsp3) is 0.400. The van der Waals surface area contributed by atoms with E-state index in [2.05, 4.69) is 0 Å². The molecule has 28 heavy (non-hydrogen) atoms. The third-order valence-electron chi connectivity index (χ3n) is 5.12. The summed E-state index contributed by atoms with van der Waals surface area (Å²) in [4.78, 5) is 0. The van der Waals surface area contributed by atoms with Gasteiger partial charge >= 0.3 is 0 Å². The van der Waals surface area contributed by atoms with Gasteiger partial charge in [-0.15, -0.1) is 0 Å². The Kier molecular flexibility index (Phi) is 6.59. The normalized spacial score (nSPS) is 17.0. The van der Waals surface area contributed by atoms with E-state index in [4.69, 9.17) is 0 Å². The molecule has 0 spiro atoms. The van der Waals surface area contributed by atoms with E-state index in [1.54, 1.807) is 12.1 Å².